The molecule has 1 aliphatic rings. The third-order valence-corrected chi connectivity index (χ3v) is 7.07. The summed E-state index contributed by atoms with van der Waals surface area (Å²) < 4.78 is 46.1. The standard InChI is InChI=1S/C17H15BrClFN2O4S/c18-12-3-4-14(13(20)10-12)26-17(23)11-5-8-22(9-6-11)27(24,25)15-2-1-7-21-16(15)19/h1-4,7,10-11H,5-6,8-9H2. The molecule has 1 fully saturated rings. The molecule has 6 nitrogen and oxygen atoms in total. The zero-order valence-electron chi connectivity index (χ0n) is 13.9. The lowest BCUT2D eigenvalue weighted by molar-refractivity contribution is -0.140. The van der Waals surface area contributed by atoms with E-state index < -0.39 is 27.7 Å². The van der Waals surface area contributed by atoms with Crippen molar-refractivity contribution in [2.24, 2.45) is 5.92 Å². The van der Waals surface area contributed by atoms with Gasteiger partial charge >= 0.3 is 5.97 Å². The summed E-state index contributed by atoms with van der Waals surface area (Å²) in [5, 5.41) is -0.0928. The number of piperidine rings is 1. The van der Waals surface area contributed by atoms with E-state index in [1.165, 1.54) is 34.8 Å². The maximum atomic E-state index is 13.8. The molecule has 0 atom stereocenters. The van der Waals surface area contributed by atoms with Crippen LogP contribution in [0.5, 0.6) is 5.75 Å². The van der Waals surface area contributed by atoms with Crippen molar-refractivity contribution >= 4 is 43.5 Å². The molecule has 2 heterocycles. The maximum absolute atomic E-state index is 13.8. The Labute approximate surface area is 169 Å². The third-order valence-electron chi connectivity index (χ3n) is 4.23. The fraction of sp³-hybridized carbons (Fsp3) is 0.294. The van der Waals surface area contributed by atoms with Crippen LogP contribution in [-0.2, 0) is 14.8 Å². The summed E-state index contributed by atoms with van der Waals surface area (Å²) >= 11 is 9.03. The molecule has 0 bridgehead atoms. The number of nitrogens with zero attached hydrogens (tertiary/aromatic N) is 2. The van der Waals surface area contributed by atoms with E-state index in [2.05, 4.69) is 20.9 Å². The number of hydrogen-bond acceptors (Lipinski definition) is 5. The van der Waals surface area contributed by atoms with Gasteiger partial charge in [-0.25, -0.2) is 17.8 Å². The minimum atomic E-state index is -3.79. The van der Waals surface area contributed by atoms with Crippen LogP contribution in [0.3, 0.4) is 0 Å². The van der Waals surface area contributed by atoms with Gasteiger partial charge in [0.2, 0.25) is 10.0 Å². The summed E-state index contributed by atoms with van der Waals surface area (Å²) in [6, 6.07) is 7.02. The monoisotopic (exact) mass is 476 g/mol. The molecule has 0 saturated carbocycles. The summed E-state index contributed by atoms with van der Waals surface area (Å²) in [7, 11) is -3.79. The van der Waals surface area contributed by atoms with Crippen LogP contribution in [0.25, 0.3) is 0 Å². The highest BCUT2D eigenvalue weighted by Gasteiger charge is 2.34. The van der Waals surface area contributed by atoms with Gasteiger partial charge in [0.15, 0.2) is 11.6 Å². The van der Waals surface area contributed by atoms with Crippen molar-refractivity contribution in [1.29, 1.82) is 0 Å². The second-order valence-corrected chi connectivity index (χ2v) is 9.15. The van der Waals surface area contributed by atoms with Crippen molar-refractivity contribution in [1.82, 2.24) is 9.29 Å². The lowest BCUT2D eigenvalue weighted by Crippen LogP contribution is -2.41. The highest BCUT2D eigenvalue weighted by atomic mass is 79.9. The quantitative estimate of drug-likeness (QED) is 0.382. The van der Waals surface area contributed by atoms with Crippen LogP contribution < -0.4 is 4.74 Å². The zero-order valence-corrected chi connectivity index (χ0v) is 17.1. The smallest absolute Gasteiger partial charge is 0.314 e. The number of rotatable bonds is 4. The lowest BCUT2D eigenvalue weighted by atomic mass is 9.98. The van der Waals surface area contributed by atoms with Gasteiger partial charge in [-0.2, -0.15) is 4.31 Å². The van der Waals surface area contributed by atoms with Crippen LogP contribution in [0.15, 0.2) is 45.9 Å². The van der Waals surface area contributed by atoms with E-state index in [0.717, 1.165) is 0 Å². The average molecular weight is 478 g/mol. The molecular weight excluding hydrogens is 463 g/mol. The number of carbonyl (C=O) groups excluding carboxylic acids is 1. The molecule has 1 aromatic carbocycles. The van der Waals surface area contributed by atoms with Crippen LogP contribution in [0.4, 0.5) is 4.39 Å². The molecule has 27 heavy (non-hydrogen) atoms. The number of ether oxygens (including phenoxy) is 1. The first kappa shape index (κ1) is 20.2. The summed E-state index contributed by atoms with van der Waals surface area (Å²) in [5.74, 6) is -1.89. The number of aromatic nitrogens is 1. The van der Waals surface area contributed by atoms with Crippen molar-refractivity contribution in [2.75, 3.05) is 13.1 Å². The summed E-state index contributed by atoms with van der Waals surface area (Å²) in [6.45, 7) is 0.270. The van der Waals surface area contributed by atoms with E-state index in [1.807, 2.05) is 0 Å². The fourth-order valence-corrected chi connectivity index (χ4v) is 5.02. The van der Waals surface area contributed by atoms with E-state index in [9.17, 15) is 17.6 Å². The Bertz CT molecular complexity index is 965. The molecule has 1 saturated heterocycles. The number of benzene rings is 1. The van der Waals surface area contributed by atoms with Gasteiger partial charge in [-0.15, -0.1) is 0 Å². The van der Waals surface area contributed by atoms with Crippen molar-refractivity contribution < 1.29 is 22.3 Å². The predicted octanol–water partition coefficient (Wildman–Crippen LogP) is 3.64. The summed E-state index contributed by atoms with van der Waals surface area (Å²) in [5.41, 5.74) is 0. The van der Waals surface area contributed by atoms with Gasteiger partial charge in [0, 0.05) is 23.8 Å². The summed E-state index contributed by atoms with van der Waals surface area (Å²) in [4.78, 5) is 16.0. The molecule has 1 aromatic heterocycles. The fourth-order valence-electron chi connectivity index (χ4n) is 2.78. The number of carbonyl (C=O) groups is 1. The minimum absolute atomic E-state index is 0.0652. The van der Waals surface area contributed by atoms with Gasteiger partial charge in [-0.3, -0.25) is 4.79 Å². The SMILES string of the molecule is O=C(Oc1ccc(Br)cc1F)C1CCN(S(=O)(=O)c2cccnc2Cl)CC1. The Balaban J connectivity index is 1.65. The molecule has 3 rings (SSSR count). The van der Waals surface area contributed by atoms with E-state index in [0.29, 0.717) is 4.47 Å². The zero-order chi connectivity index (χ0) is 19.6. The first-order valence-corrected chi connectivity index (χ1v) is 10.7. The van der Waals surface area contributed by atoms with Crippen molar-refractivity contribution in [2.45, 2.75) is 17.7 Å². The highest BCUT2D eigenvalue weighted by Crippen LogP contribution is 2.28. The number of halogens is 3. The molecule has 0 N–H and O–H groups in total. The Morgan fingerprint density at radius 2 is 2.00 bits per heavy atom. The number of sulfonamides is 1. The Hall–Kier alpha value is -1.55. The van der Waals surface area contributed by atoms with Gasteiger partial charge in [-0.1, -0.05) is 27.5 Å². The molecule has 1 aliphatic heterocycles. The van der Waals surface area contributed by atoms with Crippen LogP contribution in [0.1, 0.15) is 12.8 Å². The Kier molecular flexibility index (Phi) is 6.15. The number of esters is 1. The second kappa shape index (κ2) is 8.22. The lowest BCUT2D eigenvalue weighted by Gasteiger charge is -2.30. The molecule has 144 valence electrons. The topological polar surface area (TPSA) is 76.6 Å². The first-order valence-electron chi connectivity index (χ1n) is 8.06. The Morgan fingerprint density at radius 3 is 2.63 bits per heavy atom. The van der Waals surface area contributed by atoms with Crippen LogP contribution >= 0.6 is 27.5 Å². The normalized spacial score (nSPS) is 16.3. The molecule has 0 radical (unpaired) electrons. The maximum Gasteiger partial charge on any atom is 0.314 e. The van der Waals surface area contributed by atoms with E-state index >= 15 is 0 Å². The number of pyridine rings is 1. The van der Waals surface area contributed by atoms with E-state index in [1.54, 1.807) is 6.07 Å². The van der Waals surface area contributed by atoms with Crippen molar-refractivity contribution in [3.63, 3.8) is 0 Å². The number of hydrogen-bond donors (Lipinski definition) is 0. The predicted molar refractivity (Wildman–Crippen MR) is 100 cm³/mol. The van der Waals surface area contributed by atoms with Crippen molar-refractivity contribution in [3.05, 3.63) is 52.0 Å². The molecule has 0 unspecified atom stereocenters. The van der Waals surface area contributed by atoms with E-state index in [-0.39, 0.29) is 41.7 Å². The molecule has 2 aromatic rings. The van der Waals surface area contributed by atoms with Gasteiger partial charge in [0.25, 0.3) is 0 Å². The van der Waals surface area contributed by atoms with Crippen LogP contribution in [-0.4, -0.2) is 36.8 Å². The highest BCUT2D eigenvalue weighted by molar-refractivity contribution is 9.10. The van der Waals surface area contributed by atoms with Gasteiger partial charge < -0.3 is 4.74 Å². The first-order chi connectivity index (χ1) is 12.8. The summed E-state index contributed by atoms with van der Waals surface area (Å²) in [6.07, 6.45) is 1.95. The van der Waals surface area contributed by atoms with Gasteiger partial charge in [0.1, 0.15) is 10.0 Å². The van der Waals surface area contributed by atoms with Gasteiger partial charge in [0.05, 0.1) is 5.92 Å². The molecule has 0 aliphatic carbocycles. The largest absolute Gasteiger partial charge is 0.423 e. The average Bonchev–Trinajstić information content (AvgIpc) is 2.64. The Morgan fingerprint density at radius 1 is 1.30 bits per heavy atom. The second-order valence-electron chi connectivity index (χ2n) is 5.97. The third kappa shape index (κ3) is 4.48. The molecular formula is C17H15BrClFN2O4S. The molecule has 0 spiro atoms. The minimum Gasteiger partial charge on any atom is -0.423 e. The molecule has 10 heteroatoms. The van der Waals surface area contributed by atoms with Gasteiger partial charge in [-0.05, 0) is 43.2 Å². The molecule has 0 amide bonds. The van der Waals surface area contributed by atoms with Crippen LogP contribution in [0, 0.1) is 11.7 Å². The van der Waals surface area contributed by atoms with Crippen molar-refractivity contribution in [3.8, 4) is 5.75 Å². The van der Waals surface area contributed by atoms with Crippen LogP contribution in [0.2, 0.25) is 5.15 Å². The van der Waals surface area contributed by atoms with E-state index in [4.69, 9.17) is 16.3 Å².